The van der Waals surface area contributed by atoms with Crippen LogP contribution in [-0.4, -0.2) is 39.8 Å². The minimum absolute atomic E-state index is 0.0509. The normalized spacial score (nSPS) is 10.5. The highest BCUT2D eigenvalue weighted by molar-refractivity contribution is 6.33. The summed E-state index contributed by atoms with van der Waals surface area (Å²) < 4.78 is 6.57. The van der Waals surface area contributed by atoms with E-state index >= 15 is 0 Å². The number of ether oxygens (including phenoxy) is 1. The maximum atomic E-state index is 12.1. The number of aromatic nitrogens is 3. The fourth-order valence-corrected chi connectivity index (χ4v) is 2.25. The fraction of sp³-hybridized carbons (Fsp3) is 0.375. The van der Waals surface area contributed by atoms with Crippen LogP contribution in [0.25, 0.3) is 5.82 Å². The molecule has 0 aliphatic carbocycles. The van der Waals surface area contributed by atoms with Crippen LogP contribution in [0.1, 0.15) is 35.2 Å². The number of aryl methyl sites for hydroxylation is 2. The van der Waals surface area contributed by atoms with Crippen LogP contribution in [-0.2, 0) is 9.53 Å². The molecule has 0 atom stereocenters. The third-order valence-corrected chi connectivity index (χ3v) is 3.46. The first-order valence-corrected chi connectivity index (χ1v) is 7.94. The molecule has 2 aromatic rings. The monoisotopic (exact) mass is 350 g/mol. The van der Waals surface area contributed by atoms with Crippen LogP contribution in [0.3, 0.4) is 0 Å². The van der Waals surface area contributed by atoms with Gasteiger partial charge in [0, 0.05) is 12.2 Å². The molecule has 1 amide bonds. The van der Waals surface area contributed by atoms with E-state index in [0.29, 0.717) is 12.4 Å². The number of carbonyl (C=O) groups excluding carboxylic acids is 2. The highest BCUT2D eigenvalue weighted by Gasteiger charge is 2.17. The lowest BCUT2D eigenvalue weighted by atomic mass is 10.3. The van der Waals surface area contributed by atoms with E-state index in [1.807, 2.05) is 26.8 Å². The molecule has 0 saturated heterocycles. The highest BCUT2D eigenvalue weighted by Crippen LogP contribution is 2.18. The molecular weight excluding hydrogens is 332 g/mol. The summed E-state index contributed by atoms with van der Waals surface area (Å²) in [5.41, 5.74) is 1.66. The second-order valence-corrected chi connectivity index (χ2v) is 5.67. The Bertz CT molecular complexity index is 758. The molecule has 8 heteroatoms. The van der Waals surface area contributed by atoms with Crippen LogP contribution < -0.4 is 5.32 Å². The summed E-state index contributed by atoms with van der Waals surface area (Å²) in [5, 5.41) is 7.08. The van der Waals surface area contributed by atoms with Gasteiger partial charge in [0.1, 0.15) is 0 Å². The van der Waals surface area contributed by atoms with Crippen LogP contribution >= 0.6 is 11.6 Å². The first-order chi connectivity index (χ1) is 11.4. The number of hydrogen-bond donors (Lipinski definition) is 1. The molecule has 24 heavy (non-hydrogen) atoms. The van der Waals surface area contributed by atoms with Crippen molar-refractivity contribution in [2.45, 2.75) is 27.2 Å². The number of amides is 1. The maximum Gasteiger partial charge on any atom is 0.359 e. The Morgan fingerprint density at radius 3 is 2.71 bits per heavy atom. The molecule has 0 saturated carbocycles. The van der Waals surface area contributed by atoms with E-state index in [1.165, 1.54) is 0 Å². The van der Waals surface area contributed by atoms with Crippen molar-refractivity contribution in [2.75, 3.05) is 13.2 Å². The fourth-order valence-electron chi connectivity index (χ4n) is 2.07. The van der Waals surface area contributed by atoms with E-state index in [0.717, 1.165) is 17.8 Å². The minimum atomic E-state index is -0.755. The van der Waals surface area contributed by atoms with Crippen LogP contribution in [0.4, 0.5) is 0 Å². The second kappa shape index (κ2) is 7.92. The van der Waals surface area contributed by atoms with Crippen molar-refractivity contribution >= 4 is 23.5 Å². The van der Waals surface area contributed by atoms with Crippen molar-refractivity contribution in [3.8, 4) is 5.82 Å². The predicted molar refractivity (Wildman–Crippen MR) is 89.4 cm³/mol. The van der Waals surface area contributed by atoms with Gasteiger partial charge < -0.3 is 10.1 Å². The van der Waals surface area contributed by atoms with E-state index in [2.05, 4.69) is 15.4 Å². The van der Waals surface area contributed by atoms with Crippen LogP contribution in [0.5, 0.6) is 0 Å². The Hall–Kier alpha value is -2.41. The van der Waals surface area contributed by atoms with E-state index in [4.69, 9.17) is 16.3 Å². The quantitative estimate of drug-likeness (QED) is 0.807. The van der Waals surface area contributed by atoms with Crippen LogP contribution in [0, 0.1) is 13.8 Å². The molecule has 0 unspecified atom stereocenters. The molecule has 0 bridgehead atoms. The zero-order valence-corrected chi connectivity index (χ0v) is 14.6. The summed E-state index contributed by atoms with van der Waals surface area (Å²) in [6.45, 7) is 5.83. The average Bonchev–Trinajstić information content (AvgIpc) is 2.89. The van der Waals surface area contributed by atoms with Crippen LogP contribution in [0.2, 0.25) is 5.02 Å². The second-order valence-electron chi connectivity index (χ2n) is 5.26. The van der Waals surface area contributed by atoms with Gasteiger partial charge in [0.25, 0.3) is 5.91 Å². The van der Waals surface area contributed by atoms with E-state index in [-0.39, 0.29) is 23.2 Å². The molecule has 1 N–H and O–H groups in total. The molecule has 0 fully saturated rings. The standard InChI is InChI=1S/C16H19ClN4O3/c1-4-7-18-14(22)9-24-16(23)15-12(17)5-6-13(19-15)21-11(3)8-10(2)20-21/h5-6,8H,4,7,9H2,1-3H3,(H,18,22). The highest BCUT2D eigenvalue weighted by atomic mass is 35.5. The molecule has 0 aromatic carbocycles. The molecule has 2 aromatic heterocycles. The van der Waals surface area contributed by atoms with Gasteiger partial charge in [-0.1, -0.05) is 18.5 Å². The van der Waals surface area contributed by atoms with Gasteiger partial charge in [0.2, 0.25) is 0 Å². The van der Waals surface area contributed by atoms with Crippen molar-refractivity contribution in [3.05, 3.63) is 40.3 Å². The smallest absolute Gasteiger partial charge is 0.359 e. The summed E-state index contributed by atoms with van der Waals surface area (Å²) >= 11 is 6.03. The van der Waals surface area contributed by atoms with Crippen molar-refractivity contribution in [1.82, 2.24) is 20.1 Å². The number of nitrogens with one attached hydrogen (secondary N) is 1. The van der Waals surface area contributed by atoms with Gasteiger partial charge in [-0.2, -0.15) is 5.10 Å². The molecular formula is C16H19ClN4O3. The maximum absolute atomic E-state index is 12.1. The largest absolute Gasteiger partial charge is 0.451 e. The summed E-state index contributed by atoms with van der Waals surface area (Å²) in [4.78, 5) is 27.9. The van der Waals surface area contributed by atoms with Crippen LogP contribution in [0.15, 0.2) is 18.2 Å². The predicted octanol–water partition coefficient (Wildman–Crippen LogP) is 2.22. The van der Waals surface area contributed by atoms with Gasteiger partial charge in [-0.05, 0) is 38.5 Å². The van der Waals surface area contributed by atoms with Crippen molar-refractivity contribution in [2.24, 2.45) is 0 Å². The van der Waals surface area contributed by atoms with Crippen molar-refractivity contribution in [3.63, 3.8) is 0 Å². The molecule has 0 aliphatic heterocycles. The SMILES string of the molecule is CCCNC(=O)COC(=O)c1nc(-n2nc(C)cc2C)ccc1Cl. The molecule has 0 aliphatic rings. The third kappa shape index (κ3) is 4.32. The van der Waals surface area contributed by atoms with Gasteiger partial charge in [-0.15, -0.1) is 0 Å². The molecule has 128 valence electrons. The molecule has 2 rings (SSSR count). The molecule has 0 radical (unpaired) electrons. The van der Waals surface area contributed by atoms with E-state index in [9.17, 15) is 9.59 Å². The summed E-state index contributed by atoms with van der Waals surface area (Å²) in [6.07, 6.45) is 0.803. The first-order valence-electron chi connectivity index (χ1n) is 7.56. The summed E-state index contributed by atoms with van der Waals surface area (Å²) in [6, 6.07) is 5.10. The average molecular weight is 351 g/mol. The molecule has 7 nitrogen and oxygen atoms in total. The lowest BCUT2D eigenvalue weighted by molar-refractivity contribution is -0.124. The number of pyridine rings is 1. The van der Waals surface area contributed by atoms with E-state index < -0.39 is 5.97 Å². The molecule has 0 spiro atoms. The lowest BCUT2D eigenvalue weighted by Gasteiger charge is -2.09. The van der Waals surface area contributed by atoms with Crippen molar-refractivity contribution in [1.29, 1.82) is 0 Å². The number of rotatable bonds is 6. The van der Waals surface area contributed by atoms with Gasteiger partial charge in [-0.3, -0.25) is 4.79 Å². The van der Waals surface area contributed by atoms with E-state index in [1.54, 1.807) is 16.8 Å². The first kappa shape index (κ1) is 17.9. The Kier molecular flexibility index (Phi) is 5.92. The number of halogens is 1. The summed E-state index contributed by atoms with van der Waals surface area (Å²) in [5.74, 6) is -0.668. The Labute approximate surface area is 145 Å². The Morgan fingerprint density at radius 2 is 2.08 bits per heavy atom. The zero-order valence-electron chi connectivity index (χ0n) is 13.8. The lowest BCUT2D eigenvalue weighted by Crippen LogP contribution is -2.29. The number of hydrogen-bond acceptors (Lipinski definition) is 5. The number of carbonyl (C=O) groups is 2. The number of nitrogens with zero attached hydrogens (tertiary/aromatic N) is 3. The van der Waals surface area contributed by atoms with Crippen molar-refractivity contribution < 1.29 is 14.3 Å². The zero-order chi connectivity index (χ0) is 17.7. The summed E-state index contributed by atoms with van der Waals surface area (Å²) in [7, 11) is 0. The van der Waals surface area contributed by atoms with Gasteiger partial charge in [0.15, 0.2) is 18.1 Å². The Balaban J connectivity index is 2.15. The minimum Gasteiger partial charge on any atom is -0.451 e. The Morgan fingerprint density at radius 1 is 1.33 bits per heavy atom. The van der Waals surface area contributed by atoms with Gasteiger partial charge in [-0.25, -0.2) is 14.5 Å². The third-order valence-electron chi connectivity index (χ3n) is 3.16. The van der Waals surface area contributed by atoms with Gasteiger partial charge >= 0.3 is 5.97 Å². The molecule has 2 heterocycles. The van der Waals surface area contributed by atoms with Gasteiger partial charge in [0.05, 0.1) is 10.7 Å². The number of esters is 1. The topological polar surface area (TPSA) is 86.1 Å².